The summed E-state index contributed by atoms with van der Waals surface area (Å²) in [5, 5.41) is 3.07. The Morgan fingerprint density at radius 2 is 2.24 bits per heavy atom. The summed E-state index contributed by atoms with van der Waals surface area (Å²) in [6.45, 7) is 1.43. The molecule has 1 saturated heterocycles. The third kappa shape index (κ3) is 3.04. The fourth-order valence-electron chi connectivity index (χ4n) is 1.73. The highest BCUT2D eigenvalue weighted by molar-refractivity contribution is 9.10. The van der Waals surface area contributed by atoms with Gasteiger partial charge in [0.2, 0.25) is 10.0 Å². The van der Waals surface area contributed by atoms with Gasteiger partial charge in [0.1, 0.15) is 5.82 Å². The van der Waals surface area contributed by atoms with Gasteiger partial charge in [-0.15, -0.1) is 0 Å². The van der Waals surface area contributed by atoms with Gasteiger partial charge in [0.05, 0.1) is 4.90 Å². The molecule has 0 aromatic heterocycles. The van der Waals surface area contributed by atoms with Crippen LogP contribution in [0.15, 0.2) is 27.6 Å². The number of hydrogen-bond donors (Lipinski definition) is 2. The van der Waals surface area contributed by atoms with Crippen molar-refractivity contribution in [1.29, 1.82) is 0 Å². The number of hydrogen-bond acceptors (Lipinski definition) is 3. The Balaban J connectivity index is 2.24. The zero-order chi connectivity index (χ0) is 12.5. The van der Waals surface area contributed by atoms with Crippen LogP contribution in [0.3, 0.4) is 0 Å². The summed E-state index contributed by atoms with van der Waals surface area (Å²) >= 11 is 3.06. The number of rotatable bonds is 3. The predicted octanol–water partition coefficient (Wildman–Crippen LogP) is 1.23. The Kier molecular flexibility index (Phi) is 3.82. The van der Waals surface area contributed by atoms with Crippen LogP contribution < -0.4 is 10.0 Å². The maximum absolute atomic E-state index is 12.9. The van der Waals surface area contributed by atoms with Gasteiger partial charge < -0.3 is 5.32 Å². The number of sulfonamides is 1. The molecule has 0 spiro atoms. The summed E-state index contributed by atoms with van der Waals surface area (Å²) in [5.41, 5.74) is 0. The molecule has 1 atom stereocenters. The summed E-state index contributed by atoms with van der Waals surface area (Å²) in [6, 6.07) is 3.43. The number of nitrogens with one attached hydrogen (secondary N) is 2. The Bertz CT molecular complexity index is 515. The highest BCUT2D eigenvalue weighted by Gasteiger charge is 2.24. The molecule has 2 N–H and O–H groups in total. The van der Waals surface area contributed by atoms with E-state index in [0.29, 0.717) is 6.54 Å². The number of halogens is 2. The van der Waals surface area contributed by atoms with Crippen molar-refractivity contribution in [2.75, 3.05) is 13.1 Å². The largest absolute Gasteiger partial charge is 0.315 e. The van der Waals surface area contributed by atoms with Gasteiger partial charge in [-0.05, 0) is 47.1 Å². The molecule has 1 aliphatic heterocycles. The van der Waals surface area contributed by atoms with Gasteiger partial charge in [-0.2, -0.15) is 0 Å². The second-order valence-corrected chi connectivity index (χ2v) is 6.42. The molecule has 0 aliphatic carbocycles. The van der Waals surface area contributed by atoms with Gasteiger partial charge in [0.25, 0.3) is 0 Å². The highest BCUT2D eigenvalue weighted by Crippen LogP contribution is 2.23. The summed E-state index contributed by atoms with van der Waals surface area (Å²) in [5.74, 6) is -0.474. The molecule has 0 saturated carbocycles. The minimum absolute atomic E-state index is 0.0609. The molecule has 7 heteroatoms. The maximum atomic E-state index is 12.9. The van der Waals surface area contributed by atoms with Crippen molar-refractivity contribution in [2.24, 2.45) is 0 Å². The summed E-state index contributed by atoms with van der Waals surface area (Å²) in [7, 11) is -3.59. The average molecular weight is 323 g/mol. The molecule has 17 heavy (non-hydrogen) atoms. The molecule has 0 bridgehead atoms. The van der Waals surface area contributed by atoms with E-state index in [1.165, 1.54) is 6.07 Å². The molecule has 2 rings (SSSR count). The molecule has 0 amide bonds. The van der Waals surface area contributed by atoms with E-state index in [1.807, 2.05) is 0 Å². The van der Waals surface area contributed by atoms with E-state index >= 15 is 0 Å². The summed E-state index contributed by atoms with van der Waals surface area (Å²) < 4.78 is 39.8. The van der Waals surface area contributed by atoms with E-state index in [1.54, 1.807) is 0 Å². The van der Waals surface area contributed by atoms with Gasteiger partial charge in [0, 0.05) is 17.1 Å². The molecular formula is C10H12BrFN2O2S. The van der Waals surface area contributed by atoms with Crippen molar-refractivity contribution >= 4 is 26.0 Å². The first kappa shape index (κ1) is 12.9. The second-order valence-electron chi connectivity index (χ2n) is 3.89. The van der Waals surface area contributed by atoms with Crippen LogP contribution in [-0.2, 0) is 10.0 Å². The van der Waals surface area contributed by atoms with Crippen molar-refractivity contribution in [3.8, 4) is 0 Å². The smallest absolute Gasteiger partial charge is 0.241 e. The van der Waals surface area contributed by atoms with Crippen LogP contribution in [0, 0.1) is 5.82 Å². The molecule has 1 aliphatic rings. The van der Waals surface area contributed by atoms with Gasteiger partial charge >= 0.3 is 0 Å². The van der Waals surface area contributed by atoms with E-state index in [9.17, 15) is 12.8 Å². The van der Waals surface area contributed by atoms with Crippen LogP contribution in [0.5, 0.6) is 0 Å². The third-order valence-corrected chi connectivity index (χ3v) is 5.06. The van der Waals surface area contributed by atoms with Crippen molar-refractivity contribution in [1.82, 2.24) is 10.0 Å². The Morgan fingerprint density at radius 3 is 2.82 bits per heavy atom. The Hall–Kier alpha value is -0.500. The molecule has 1 unspecified atom stereocenters. The number of benzene rings is 1. The van der Waals surface area contributed by atoms with Gasteiger partial charge in [-0.3, -0.25) is 0 Å². The van der Waals surface area contributed by atoms with Crippen molar-refractivity contribution < 1.29 is 12.8 Å². The van der Waals surface area contributed by atoms with E-state index in [-0.39, 0.29) is 15.4 Å². The van der Waals surface area contributed by atoms with Crippen LogP contribution in [0.1, 0.15) is 6.42 Å². The van der Waals surface area contributed by atoms with E-state index in [2.05, 4.69) is 26.0 Å². The summed E-state index contributed by atoms with van der Waals surface area (Å²) in [6.07, 6.45) is 0.762. The van der Waals surface area contributed by atoms with Gasteiger partial charge in [-0.25, -0.2) is 17.5 Å². The van der Waals surface area contributed by atoms with Crippen LogP contribution in [0.25, 0.3) is 0 Å². The van der Waals surface area contributed by atoms with E-state index in [4.69, 9.17) is 0 Å². The molecular weight excluding hydrogens is 311 g/mol. The minimum atomic E-state index is -3.59. The van der Waals surface area contributed by atoms with Crippen molar-refractivity contribution in [3.05, 3.63) is 28.5 Å². The standard InChI is InChI=1S/C10H12BrFN2O2S/c11-9-5-7(12)1-2-10(9)17(15,16)14-8-3-4-13-6-8/h1-2,5,8,13-14H,3-4,6H2. The monoisotopic (exact) mass is 322 g/mol. The van der Waals surface area contributed by atoms with Gasteiger partial charge in [0.15, 0.2) is 0 Å². The normalized spacial score (nSPS) is 20.7. The lowest BCUT2D eigenvalue weighted by molar-refractivity contribution is 0.559. The Labute approximate surface area is 108 Å². The molecule has 4 nitrogen and oxygen atoms in total. The molecule has 1 aromatic rings. The molecule has 94 valence electrons. The minimum Gasteiger partial charge on any atom is -0.315 e. The molecule has 0 radical (unpaired) electrons. The van der Waals surface area contributed by atoms with Crippen molar-refractivity contribution in [3.63, 3.8) is 0 Å². The topological polar surface area (TPSA) is 58.2 Å². The lowest BCUT2D eigenvalue weighted by Crippen LogP contribution is -2.36. The summed E-state index contributed by atoms with van der Waals surface area (Å²) in [4.78, 5) is 0.0609. The predicted molar refractivity (Wildman–Crippen MR) is 65.7 cm³/mol. The van der Waals surface area contributed by atoms with Crippen molar-refractivity contribution in [2.45, 2.75) is 17.4 Å². The maximum Gasteiger partial charge on any atom is 0.241 e. The molecule has 1 heterocycles. The highest BCUT2D eigenvalue weighted by atomic mass is 79.9. The fourth-order valence-corrected chi connectivity index (χ4v) is 4.05. The van der Waals surface area contributed by atoms with E-state index in [0.717, 1.165) is 25.1 Å². The zero-order valence-electron chi connectivity index (χ0n) is 8.91. The average Bonchev–Trinajstić information content (AvgIpc) is 2.68. The first-order valence-corrected chi connectivity index (χ1v) is 7.45. The van der Waals surface area contributed by atoms with Crippen LogP contribution in [0.2, 0.25) is 0 Å². The van der Waals surface area contributed by atoms with Gasteiger partial charge in [-0.1, -0.05) is 0 Å². The third-order valence-electron chi connectivity index (χ3n) is 2.57. The second kappa shape index (κ2) is 5.01. The van der Waals surface area contributed by atoms with Crippen LogP contribution in [0.4, 0.5) is 4.39 Å². The fraction of sp³-hybridized carbons (Fsp3) is 0.400. The molecule has 1 fully saturated rings. The lowest BCUT2D eigenvalue weighted by Gasteiger charge is -2.13. The lowest BCUT2D eigenvalue weighted by atomic mass is 10.3. The zero-order valence-corrected chi connectivity index (χ0v) is 11.3. The first-order valence-electron chi connectivity index (χ1n) is 5.17. The SMILES string of the molecule is O=S(=O)(NC1CCNC1)c1ccc(F)cc1Br. The molecule has 1 aromatic carbocycles. The first-order chi connectivity index (χ1) is 7.99. The van der Waals surface area contributed by atoms with Crippen LogP contribution >= 0.6 is 15.9 Å². The van der Waals surface area contributed by atoms with Crippen LogP contribution in [-0.4, -0.2) is 27.5 Å². The van der Waals surface area contributed by atoms with E-state index < -0.39 is 15.8 Å². The quantitative estimate of drug-likeness (QED) is 0.880. The Morgan fingerprint density at radius 1 is 1.47 bits per heavy atom.